The molecule has 2 aromatic carbocycles. The van der Waals surface area contributed by atoms with Crippen LogP contribution in [0.2, 0.25) is 0 Å². The summed E-state index contributed by atoms with van der Waals surface area (Å²) in [5.41, 5.74) is 1.72. The predicted molar refractivity (Wildman–Crippen MR) is 152 cm³/mol. The number of esters is 1. The number of pyridine rings is 1. The number of amides is 2. The normalized spacial score (nSPS) is 13.1. The van der Waals surface area contributed by atoms with Crippen LogP contribution in [0.5, 0.6) is 5.88 Å². The Balaban J connectivity index is 1.42. The molecule has 0 radical (unpaired) electrons. The predicted octanol–water partition coefficient (Wildman–Crippen LogP) is 4.08. The molecule has 212 valence electrons. The van der Waals surface area contributed by atoms with Gasteiger partial charge in [0.1, 0.15) is 0 Å². The number of anilines is 1. The molecule has 41 heavy (non-hydrogen) atoms. The number of nitrogens with zero attached hydrogens (tertiary/aromatic N) is 5. The average Bonchev–Trinajstić information content (AvgIpc) is 3.44. The van der Waals surface area contributed by atoms with Crippen molar-refractivity contribution >= 4 is 34.2 Å². The van der Waals surface area contributed by atoms with Gasteiger partial charge in [0.2, 0.25) is 5.88 Å². The van der Waals surface area contributed by atoms with Crippen LogP contribution in [0, 0.1) is 0 Å². The maximum atomic E-state index is 13.6. The van der Waals surface area contributed by atoms with Gasteiger partial charge in [-0.2, -0.15) is 0 Å². The molecule has 0 spiro atoms. The third-order valence-corrected chi connectivity index (χ3v) is 7.03. The Bertz CT molecular complexity index is 1570. The number of hydrogen-bond acceptors (Lipinski definition) is 8. The highest BCUT2D eigenvalue weighted by molar-refractivity contribution is 6.15. The summed E-state index contributed by atoms with van der Waals surface area (Å²) in [7, 11) is 1.73. The van der Waals surface area contributed by atoms with E-state index in [-0.39, 0.29) is 47.8 Å². The summed E-state index contributed by atoms with van der Waals surface area (Å²) in [4.78, 5) is 45.1. The standard InChI is InChI=1S/C30H32N6O5/c1-19(2)41-27(37)18-40-26-14-13-25(28(33-26)30(39)35(3)21-7-6-8-21)32-29(38)24-12-11-20(17-36-16-15-31-34-36)22-9-4-5-10-23(22)24/h4-5,9-16,19,21H,6-8,17-18H2,1-3H3,(H,32,38). The number of hydrogen-bond donors (Lipinski definition) is 1. The van der Waals surface area contributed by atoms with Crippen molar-refractivity contribution in [2.45, 2.75) is 51.8 Å². The van der Waals surface area contributed by atoms with Gasteiger partial charge in [0.15, 0.2) is 12.3 Å². The van der Waals surface area contributed by atoms with Crippen LogP contribution in [0.4, 0.5) is 5.69 Å². The molecule has 1 saturated carbocycles. The minimum Gasteiger partial charge on any atom is -0.466 e. The molecule has 11 heteroatoms. The van der Waals surface area contributed by atoms with E-state index in [9.17, 15) is 14.4 Å². The lowest BCUT2D eigenvalue weighted by Gasteiger charge is -2.34. The van der Waals surface area contributed by atoms with Crippen molar-refractivity contribution in [1.82, 2.24) is 24.9 Å². The fraction of sp³-hybridized carbons (Fsp3) is 0.333. The Morgan fingerprint density at radius 3 is 2.54 bits per heavy atom. The third-order valence-electron chi connectivity index (χ3n) is 7.03. The van der Waals surface area contributed by atoms with Gasteiger partial charge >= 0.3 is 5.97 Å². The van der Waals surface area contributed by atoms with Gasteiger partial charge < -0.3 is 19.7 Å². The van der Waals surface area contributed by atoms with Crippen molar-refractivity contribution < 1.29 is 23.9 Å². The fourth-order valence-corrected chi connectivity index (χ4v) is 4.70. The van der Waals surface area contributed by atoms with E-state index < -0.39 is 5.97 Å². The van der Waals surface area contributed by atoms with Gasteiger partial charge in [0.25, 0.3) is 11.8 Å². The molecular formula is C30H32N6O5. The number of ether oxygens (including phenoxy) is 2. The molecule has 2 heterocycles. The van der Waals surface area contributed by atoms with Gasteiger partial charge in [0.05, 0.1) is 24.5 Å². The molecule has 0 bridgehead atoms. The SMILES string of the molecule is CC(C)OC(=O)COc1ccc(NC(=O)c2ccc(Cn3ccnn3)c3ccccc23)c(C(=O)N(C)C2CCC2)n1. The molecule has 4 aromatic rings. The number of aromatic nitrogens is 4. The van der Waals surface area contributed by atoms with Crippen molar-refractivity contribution in [3.05, 3.63) is 77.7 Å². The van der Waals surface area contributed by atoms with E-state index in [2.05, 4.69) is 20.6 Å². The number of nitrogens with one attached hydrogen (secondary N) is 1. The van der Waals surface area contributed by atoms with Crippen LogP contribution in [0.3, 0.4) is 0 Å². The number of carbonyl (C=O) groups excluding carboxylic acids is 3. The second-order valence-corrected chi connectivity index (χ2v) is 10.2. The summed E-state index contributed by atoms with van der Waals surface area (Å²) in [5, 5.41) is 12.5. The van der Waals surface area contributed by atoms with E-state index >= 15 is 0 Å². The molecule has 1 fully saturated rings. The van der Waals surface area contributed by atoms with Gasteiger partial charge in [-0.3, -0.25) is 9.59 Å². The van der Waals surface area contributed by atoms with E-state index in [0.717, 1.165) is 35.6 Å². The van der Waals surface area contributed by atoms with Crippen LogP contribution < -0.4 is 10.1 Å². The summed E-state index contributed by atoms with van der Waals surface area (Å²) in [6.45, 7) is 3.64. The highest BCUT2D eigenvalue weighted by atomic mass is 16.6. The molecule has 11 nitrogen and oxygen atoms in total. The summed E-state index contributed by atoms with van der Waals surface area (Å²) in [6, 6.07) is 14.5. The van der Waals surface area contributed by atoms with Crippen LogP contribution >= 0.6 is 0 Å². The highest BCUT2D eigenvalue weighted by Crippen LogP contribution is 2.29. The second-order valence-electron chi connectivity index (χ2n) is 10.2. The second kappa shape index (κ2) is 12.2. The zero-order valence-corrected chi connectivity index (χ0v) is 23.2. The molecule has 2 amide bonds. The first kappa shape index (κ1) is 27.8. The van der Waals surface area contributed by atoms with Crippen molar-refractivity contribution in [2.75, 3.05) is 19.0 Å². The van der Waals surface area contributed by atoms with Crippen molar-refractivity contribution in [1.29, 1.82) is 0 Å². The Kier molecular flexibility index (Phi) is 8.23. The van der Waals surface area contributed by atoms with Gasteiger partial charge in [-0.05, 0) is 61.6 Å². The topological polar surface area (TPSA) is 129 Å². The molecule has 1 N–H and O–H groups in total. The van der Waals surface area contributed by atoms with Crippen LogP contribution in [0.15, 0.2) is 60.9 Å². The van der Waals surface area contributed by atoms with E-state index in [1.807, 2.05) is 30.3 Å². The Labute approximate surface area is 237 Å². The largest absolute Gasteiger partial charge is 0.466 e. The Morgan fingerprint density at radius 2 is 1.85 bits per heavy atom. The molecule has 5 rings (SSSR count). The lowest BCUT2D eigenvalue weighted by molar-refractivity contribution is -0.149. The zero-order valence-electron chi connectivity index (χ0n) is 23.2. The van der Waals surface area contributed by atoms with Crippen LogP contribution in [-0.2, 0) is 16.1 Å². The van der Waals surface area contributed by atoms with Crippen LogP contribution in [0.1, 0.15) is 59.5 Å². The first-order valence-electron chi connectivity index (χ1n) is 13.6. The monoisotopic (exact) mass is 556 g/mol. The van der Waals surface area contributed by atoms with Crippen molar-refractivity contribution in [3.8, 4) is 5.88 Å². The van der Waals surface area contributed by atoms with Crippen molar-refractivity contribution in [3.63, 3.8) is 0 Å². The van der Waals surface area contributed by atoms with Crippen LogP contribution in [-0.4, -0.2) is 68.5 Å². The molecule has 2 aromatic heterocycles. The van der Waals surface area contributed by atoms with E-state index in [0.29, 0.717) is 12.1 Å². The number of rotatable bonds is 10. The minimum atomic E-state index is -0.544. The Morgan fingerprint density at radius 1 is 1.07 bits per heavy atom. The summed E-state index contributed by atoms with van der Waals surface area (Å²) in [5.74, 6) is -1.19. The van der Waals surface area contributed by atoms with E-state index in [1.165, 1.54) is 6.07 Å². The van der Waals surface area contributed by atoms with E-state index in [4.69, 9.17) is 9.47 Å². The molecular weight excluding hydrogens is 524 g/mol. The molecule has 1 aliphatic carbocycles. The summed E-state index contributed by atoms with van der Waals surface area (Å²) in [6.07, 6.45) is 6.00. The van der Waals surface area contributed by atoms with Gasteiger partial charge in [-0.1, -0.05) is 35.5 Å². The molecule has 0 saturated heterocycles. The first-order chi connectivity index (χ1) is 19.8. The maximum Gasteiger partial charge on any atom is 0.344 e. The fourth-order valence-electron chi connectivity index (χ4n) is 4.70. The maximum absolute atomic E-state index is 13.6. The summed E-state index contributed by atoms with van der Waals surface area (Å²) < 4.78 is 12.3. The first-order valence-corrected chi connectivity index (χ1v) is 13.6. The third kappa shape index (κ3) is 6.34. The Hall–Kier alpha value is -4.80. The number of carbonyl (C=O) groups is 3. The van der Waals surface area contributed by atoms with Gasteiger partial charge in [-0.25, -0.2) is 14.5 Å². The molecule has 1 aliphatic rings. The molecule has 0 aliphatic heterocycles. The smallest absolute Gasteiger partial charge is 0.344 e. The average molecular weight is 557 g/mol. The lowest BCUT2D eigenvalue weighted by atomic mass is 9.91. The lowest BCUT2D eigenvalue weighted by Crippen LogP contribution is -2.42. The van der Waals surface area contributed by atoms with Gasteiger partial charge in [0, 0.05) is 30.9 Å². The van der Waals surface area contributed by atoms with Gasteiger partial charge in [-0.15, -0.1) is 5.10 Å². The van der Waals surface area contributed by atoms with Crippen molar-refractivity contribution in [2.24, 2.45) is 0 Å². The molecule has 0 atom stereocenters. The van der Waals surface area contributed by atoms with E-state index in [1.54, 1.807) is 55.0 Å². The zero-order chi connectivity index (χ0) is 28.9. The highest BCUT2D eigenvalue weighted by Gasteiger charge is 2.29. The minimum absolute atomic E-state index is 0.0367. The molecule has 0 unspecified atom stereocenters. The summed E-state index contributed by atoms with van der Waals surface area (Å²) >= 11 is 0. The number of fused-ring (bicyclic) bond motifs is 1. The van der Waals surface area contributed by atoms with Crippen LogP contribution in [0.25, 0.3) is 10.8 Å². The quantitative estimate of drug-likeness (QED) is 0.289. The number of benzene rings is 2.